The molecule has 5 nitrogen and oxygen atoms in total. The monoisotopic (exact) mass is 324 g/mol. The van der Waals surface area contributed by atoms with Crippen LogP contribution in [-0.4, -0.2) is 12.2 Å². The third-order valence-corrected chi connectivity index (χ3v) is 3.22. The molecule has 116 valence electrons. The fraction of sp³-hybridized carbons (Fsp3) is 0.0588. The zero-order valence-electron chi connectivity index (χ0n) is 12.6. The molecule has 0 amide bonds. The number of methoxy groups -OCH3 is 1. The van der Waals surface area contributed by atoms with Crippen molar-refractivity contribution < 1.29 is 4.74 Å². The molecule has 0 bridgehead atoms. The third-order valence-electron chi connectivity index (χ3n) is 3.02. The van der Waals surface area contributed by atoms with E-state index in [4.69, 9.17) is 22.2 Å². The molecule has 2 aromatic rings. The van der Waals surface area contributed by atoms with Gasteiger partial charge in [-0.3, -0.25) is 10.9 Å². The van der Waals surface area contributed by atoms with E-state index < -0.39 is 0 Å². The molecule has 0 aliphatic rings. The Kier molecular flexibility index (Phi) is 5.56. The first kappa shape index (κ1) is 16.3. The third kappa shape index (κ3) is 4.73. The van der Waals surface area contributed by atoms with Crippen molar-refractivity contribution in [1.82, 2.24) is 10.9 Å². The topological polar surface area (TPSA) is 69.1 Å². The minimum absolute atomic E-state index is 0.396. The van der Waals surface area contributed by atoms with Crippen LogP contribution >= 0.6 is 12.2 Å². The van der Waals surface area contributed by atoms with Crippen molar-refractivity contribution >= 4 is 28.7 Å². The molecule has 0 heterocycles. The molecule has 0 aromatic heterocycles. The molecule has 23 heavy (non-hydrogen) atoms. The van der Waals surface area contributed by atoms with Crippen molar-refractivity contribution in [2.75, 3.05) is 12.4 Å². The number of thiocarbonyl (C=S) groups is 1. The second-order valence-electron chi connectivity index (χ2n) is 4.60. The van der Waals surface area contributed by atoms with Gasteiger partial charge in [-0.1, -0.05) is 24.8 Å². The van der Waals surface area contributed by atoms with E-state index in [1.807, 2.05) is 36.4 Å². The van der Waals surface area contributed by atoms with E-state index in [1.165, 1.54) is 0 Å². The van der Waals surface area contributed by atoms with Crippen LogP contribution in [0.15, 0.2) is 55.1 Å². The highest BCUT2D eigenvalue weighted by atomic mass is 32.1. The molecule has 0 saturated carbocycles. The number of nitriles is 1. The van der Waals surface area contributed by atoms with Gasteiger partial charge in [0.15, 0.2) is 5.11 Å². The summed E-state index contributed by atoms with van der Waals surface area (Å²) in [5, 5.41) is 12.2. The average molecular weight is 324 g/mol. The molecular weight excluding hydrogens is 308 g/mol. The van der Waals surface area contributed by atoms with Crippen LogP contribution < -0.4 is 20.9 Å². The molecule has 2 aromatic carbocycles. The molecule has 0 spiro atoms. The summed E-state index contributed by atoms with van der Waals surface area (Å²) in [6.45, 7) is 3.92. The van der Waals surface area contributed by atoms with Gasteiger partial charge >= 0.3 is 0 Å². The van der Waals surface area contributed by atoms with Crippen LogP contribution in [0.25, 0.3) is 5.70 Å². The van der Waals surface area contributed by atoms with Gasteiger partial charge in [0.2, 0.25) is 0 Å². The number of hydrogen-bond donors (Lipinski definition) is 3. The highest BCUT2D eigenvalue weighted by molar-refractivity contribution is 7.80. The first-order valence-electron chi connectivity index (χ1n) is 6.79. The van der Waals surface area contributed by atoms with Crippen molar-refractivity contribution in [3.05, 3.63) is 66.2 Å². The van der Waals surface area contributed by atoms with E-state index in [2.05, 4.69) is 28.8 Å². The molecule has 0 radical (unpaired) electrons. The second-order valence-corrected chi connectivity index (χ2v) is 5.01. The normalized spacial score (nSPS) is 9.39. The van der Waals surface area contributed by atoms with Crippen molar-refractivity contribution in [3.63, 3.8) is 0 Å². The zero-order chi connectivity index (χ0) is 16.7. The number of hydrogen-bond acceptors (Lipinski definition) is 4. The lowest BCUT2D eigenvalue weighted by Gasteiger charge is -2.14. The van der Waals surface area contributed by atoms with Gasteiger partial charge in [-0.15, -0.1) is 0 Å². The molecule has 0 fully saturated rings. The molecular formula is C17H16N4OS. The molecule has 3 N–H and O–H groups in total. The highest BCUT2D eigenvalue weighted by Crippen LogP contribution is 2.16. The van der Waals surface area contributed by atoms with E-state index in [0.29, 0.717) is 16.4 Å². The number of anilines is 1. The Morgan fingerprint density at radius 3 is 2.57 bits per heavy atom. The lowest BCUT2D eigenvalue weighted by molar-refractivity contribution is 0.415. The summed E-state index contributed by atoms with van der Waals surface area (Å²) in [4.78, 5) is 0. The maximum absolute atomic E-state index is 8.79. The van der Waals surface area contributed by atoms with E-state index in [-0.39, 0.29) is 0 Å². The average Bonchev–Trinajstić information content (AvgIpc) is 2.60. The van der Waals surface area contributed by atoms with E-state index in [1.54, 1.807) is 19.2 Å². The predicted octanol–water partition coefficient (Wildman–Crippen LogP) is 3.03. The Bertz CT molecular complexity index is 750. The largest absolute Gasteiger partial charge is 0.497 e. The number of nitrogens with one attached hydrogen (secondary N) is 3. The molecule has 0 saturated heterocycles. The van der Waals surface area contributed by atoms with Crippen LogP contribution in [0.3, 0.4) is 0 Å². The maximum Gasteiger partial charge on any atom is 0.189 e. The van der Waals surface area contributed by atoms with Crippen molar-refractivity contribution in [2.45, 2.75) is 0 Å². The summed E-state index contributed by atoms with van der Waals surface area (Å²) in [7, 11) is 1.61. The standard InChI is InChI=1S/C17H16N4OS/c1-12(14-8-6-13(11-18)7-9-14)20-21-17(23)19-15-4-3-5-16(10-15)22-2/h3-10,20H,1H2,2H3,(H2,19,21,23). The summed E-state index contributed by atoms with van der Waals surface area (Å²) in [5.41, 5.74) is 8.70. The fourth-order valence-corrected chi connectivity index (χ4v) is 1.98. The minimum atomic E-state index is 0.396. The van der Waals surface area contributed by atoms with Crippen LogP contribution in [0.5, 0.6) is 5.75 Å². The van der Waals surface area contributed by atoms with E-state index >= 15 is 0 Å². The second kappa shape index (κ2) is 7.82. The van der Waals surface area contributed by atoms with Crippen LogP contribution in [0, 0.1) is 11.3 Å². The summed E-state index contributed by atoms with van der Waals surface area (Å²) >= 11 is 5.21. The van der Waals surface area contributed by atoms with Gasteiger partial charge in [0.1, 0.15) is 5.75 Å². The quantitative estimate of drug-likeness (QED) is 0.580. The minimum Gasteiger partial charge on any atom is -0.497 e. The number of nitrogens with zero attached hydrogens (tertiary/aromatic N) is 1. The maximum atomic E-state index is 8.79. The van der Waals surface area contributed by atoms with Gasteiger partial charge in [-0.05, 0) is 42.0 Å². The van der Waals surface area contributed by atoms with Crippen molar-refractivity contribution in [3.8, 4) is 11.8 Å². The van der Waals surface area contributed by atoms with Gasteiger partial charge in [0.05, 0.1) is 24.4 Å². The number of benzene rings is 2. The zero-order valence-corrected chi connectivity index (χ0v) is 13.4. The van der Waals surface area contributed by atoms with Gasteiger partial charge in [0.25, 0.3) is 0 Å². The molecule has 0 unspecified atom stereocenters. The Balaban J connectivity index is 1.88. The van der Waals surface area contributed by atoms with Gasteiger partial charge in [-0.2, -0.15) is 5.26 Å². The van der Waals surface area contributed by atoms with Crippen molar-refractivity contribution in [1.29, 1.82) is 5.26 Å². The lowest BCUT2D eigenvalue weighted by atomic mass is 10.1. The summed E-state index contributed by atoms with van der Waals surface area (Å²) in [6.07, 6.45) is 0. The molecule has 0 aliphatic carbocycles. The van der Waals surface area contributed by atoms with Crippen LogP contribution in [0.1, 0.15) is 11.1 Å². The van der Waals surface area contributed by atoms with E-state index in [0.717, 1.165) is 17.0 Å². The number of hydrazine groups is 1. The Hall–Kier alpha value is -3.04. The highest BCUT2D eigenvalue weighted by Gasteiger charge is 2.02. The summed E-state index contributed by atoms with van der Waals surface area (Å²) in [6, 6.07) is 16.6. The smallest absolute Gasteiger partial charge is 0.189 e. The Labute approximate surface area is 140 Å². The van der Waals surface area contributed by atoms with E-state index in [9.17, 15) is 0 Å². The summed E-state index contributed by atoms with van der Waals surface area (Å²) in [5.74, 6) is 0.743. The molecule has 0 aliphatic heterocycles. The van der Waals surface area contributed by atoms with Crippen LogP contribution in [0.2, 0.25) is 0 Å². The molecule has 0 atom stereocenters. The summed E-state index contributed by atoms with van der Waals surface area (Å²) < 4.78 is 5.15. The van der Waals surface area contributed by atoms with Gasteiger partial charge in [-0.25, -0.2) is 0 Å². The van der Waals surface area contributed by atoms with Crippen LogP contribution in [-0.2, 0) is 0 Å². The lowest BCUT2D eigenvalue weighted by Crippen LogP contribution is -2.38. The van der Waals surface area contributed by atoms with Crippen molar-refractivity contribution in [2.24, 2.45) is 0 Å². The first-order valence-corrected chi connectivity index (χ1v) is 7.19. The Morgan fingerprint density at radius 1 is 1.17 bits per heavy atom. The molecule has 6 heteroatoms. The first-order chi connectivity index (χ1) is 11.1. The number of ether oxygens (including phenoxy) is 1. The van der Waals surface area contributed by atoms with Gasteiger partial charge in [0, 0.05) is 11.8 Å². The van der Waals surface area contributed by atoms with Crippen LogP contribution in [0.4, 0.5) is 5.69 Å². The SMILES string of the molecule is C=C(NNC(=S)Nc1cccc(OC)c1)c1ccc(C#N)cc1. The fourth-order valence-electron chi connectivity index (χ4n) is 1.81. The number of rotatable bonds is 5. The predicted molar refractivity (Wildman–Crippen MR) is 95.7 cm³/mol. The van der Waals surface area contributed by atoms with Gasteiger partial charge < -0.3 is 10.1 Å². The Morgan fingerprint density at radius 2 is 1.91 bits per heavy atom. The molecule has 2 rings (SSSR count).